The van der Waals surface area contributed by atoms with E-state index in [-0.39, 0.29) is 24.6 Å². The fourth-order valence-electron chi connectivity index (χ4n) is 3.02. The number of hydrogen-bond acceptors (Lipinski definition) is 2. The van der Waals surface area contributed by atoms with Gasteiger partial charge in [-0.25, -0.2) is 8.78 Å². The summed E-state index contributed by atoms with van der Waals surface area (Å²) in [6.07, 6.45) is 1.53. The molecule has 3 aromatic rings. The Hall–Kier alpha value is -2.89. The molecule has 0 radical (unpaired) electrons. The average Bonchev–Trinajstić information content (AvgIpc) is 3.20. The van der Waals surface area contributed by atoms with Crippen molar-refractivity contribution < 1.29 is 18.0 Å². The third-order valence-electron chi connectivity index (χ3n) is 4.73. The molecule has 4 nitrogen and oxygen atoms in total. The maximum absolute atomic E-state index is 14.1. The Morgan fingerprint density at radius 1 is 1.08 bits per heavy atom. The Balaban J connectivity index is 1.95. The molecule has 1 N–H and O–H groups in total. The van der Waals surface area contributed by atoms with Crippen LogP contribution in [0.2, 0.25) is 0 Å². The highest BCUT2D eigenvalue weighted by Crippen LogP contribution is 2.24. The minimum atomic E-state index is -0.629. The van der Waals surface area contributed by atoms with Crippen LogP contribution in [0.3, 0.4) is 0 Å². The van der Waals surface area contributed by atoms with E-state index in [2.05, 4.69) is 5.32 Å². The topological polar surface area (TPSA) is 47.2 Å². The van der Waals surface area contributed by atoms with Gasteiger partial charge in [0.15, 0.2) is 0 Å². The zero-order chi connectivity index (χ0) is 18.8. The van der Waals surface area contributed by atoms with Gasteiger partial charge in [-0.15, -0.1) is 0 Å². The number of furan rings is 1. The van der Waals surface area contributed by atoms with Gasteiger partial charge in [-0.1, -0.05) is 6.07 Å². The average molecular weight is 358 g/mol. The van der Waals surface area contributed by atoms with Crippen molar-refractivity contribution in [3.05, 3.63) is 82.1 Å². The number of rotatable bonds is 5. The largest absolute Gasteiger partial charge is 0.467 e. The van der Waals surface area contributed by atoms with Crippen molar-refractivity contribution in [3.63, 3.8) is 0 Å². The summed E-state index contributed by atoms with van der Waals surface area (Å²) < 4.78 is 35.0. The Bertz CT molecular complexity index is 923. The van der Waals surface area contributed by atoms with Crippen molar-refractivity contribution in [2.24, 2.45) is 0 Å². The number of nitrogens with one attached hydrogen (secondary N) is 1. The number of carbonyl (C=O) groups is 1. The molecule has 0 bridgehead atoms. The molecule has 1 amide bonds. The molecule has 2 heterocycles. The summed E-state index contributed by atoms with van der Waals surface area (Å²) in [5.74, 6) is -0.944. The molecule has 0 aliphatic rings. The molecule has 1 aromatic carbocycles. The summed E-state index contributed by atoms with van der Waals surface area (Å²) in [5.41, 5.74) is 2.84. The van der Waals surface area contributed by atoms with E-state index in [1.165, 1.54) is 24.5 Å². The number of nitrogens with zero attached hydrogens (tertiary/aromatic N) is 1. The first-order valence-electron chi connectivity index (χ1n) is 8.30. The highest BCUT2D eigenvalue weighted by molar-refractivity contribution is 5.94. The van der Waals surface area contributed by atoms with Gasteiger partial charge in [-0.2, -0.15) is 0 Å². The van der Waals surface area contributed by atoms with Gasteiger partial charge in [0.2, 0.25) is 0 Å². The lowest BCUT2D eigenvalue weighted by Gasteiger charge is -2.14. The molecule has 0 spiro atoms. The molecule has 0 aliphatic heterocycles. The Labute approximate surface area is 150 Å². The van der Waals surface area contributed by atoms with Gasteiger partial charge in [0, 0.05) is 11.3 Å². The van der Waals surface area contributed by atoms with Gasteiger partial charge in [0.1, 0.15) is 23.1 Å². The number of hydrogen-bond donors (Lipinski definition) is 1. The predicted molar refractivity (Wildman–Crippen MR) is 94.0 cm³/mol. The molecular weight excluding hydrogens is 338 g/mol. The van der Waals surface area contributed by atoms with Gasteiger partial charge in [0.25, 0.3) is 5.91 Å². The number of benzene rings is 1. The maximum atomic E-state index is 14.1. The van der Waals surface area contributed by atoms with Crippen LogP contribution in [0, 0.1) is 32.4 Å². The van der Waals surface area contributed by atoms with E-state index >= 15 is 0 Å². The molecule has 136 valence electrons. The van der Waals surface area contributed by atoms with Crippen LogP contribution in [0.25, 0.3) is 0 Å². The fraction of sp³-hybridized carbons (Fsp3) is 0.250. The van der Waals surface area contributed by atoms with Crippen LogP contribution in [0.1, 0.15) is 38.6 Å². The van der Waals surface area contributed by atoms with E-state index in [0.717, 1.165) is 16.8 Å². The lowest BCUT2D eigenvalue weighted by molar-refractivity contribution is 0.0938. The number of carbonyl (C=O) groups excluding carboxylic acids is 1. The highest BCUT2D eigenvalue weighted by atomic mass is 19.1. The molecule has 2 aromatic heterocycles. The van der Waals surface area contributed by atoms with Crippen molar-refractivity contribution in [2.75, 3.05) is 0 Å². The van der Waals surface area contributed by atoms with Crippen LogP contribution in [0.15, 0.2) is 41.0 Å². The first kappa shape index (κ1) is 17.9. The van der Waals surface area contributed by atoms with Crippen molar-refractivity contribution in [3.8, 4) is 0 Å². The molecule has 26 heavy (non-hydrogen) atoms. The standard InChI is InChI=1S/C20H20F2N2O2/c1-12-13(2)19(20(25)23-10-15-6-5-9-26-15)24(14(12)3)11-16-17(21)7-4-8-18(16)22/h4-9H,10-11H2,1-3H3,(H,23,25). The second-order valence-electron chi connectivity index (χ2n) is 6.23. The Morgan fingerprint density at radius 2 is 1.77 bits per heavy atom. The van der Waals surface area contributed by atoms with Crippen LogP contribution in [-0.4, -0.2) is 10.5 Å². The zero-order valence-corrected chi connectivity index (χ0v) is 14.9. The molecule has 6 heteroatoms. The monoisotopic (exact) mass is 358 g/mol. The fourth-order valence-corrected chi connectivity index (χ4v) is 3.02. The lowest BCUT2D eigenvalue weighted by atomic mass is 10.1. The van der Waals surface area contributed by atoms with Crippen LogP contribution < -0.4 is 5.32 Å². The van der Waals surface area contributed by atoms with Gasteiger partial charge < -0.3 is 14.3 Å². The molecule has 0 unspecified atom stereocenters. The van der Waals surface area contributed by atoms with Crippen molar-refractivity contribution in [2.45, 2.75) is 33.9 Å². The van der Waals surface area contributed by atoms with Crippen LogP contribution in [0.5, 0.6) is 0 Å². The van der Waals surface area contributed by atoms with Gasteiger partial charge >= 0.3 is 0 Å². The minimum Gasteiger partial charge on any atom is -0.467 e. The first-order valence-corrected chi connectivity index (χ1v) is 8.30. The normalized spacial score (nSPS) is 11.0. The second kappa shape index (κ2) is 7.15. The quantitative estimate of drug-likeness (QED) is 0.741. The third-order valence-corrected chi connectivity index (χ3v) is 4.73. The van der Waals surface area contributed by atoms with E-state index in [1.54, 1.807) is 16.7 Å². The second-order valence-corrected chi connectivity index (χ2v) is 6.23. The summed E-state index contributed by atoms with van der Waals surface area (Å²) in [7, 11) is 0. The van der Waals surface area contributed by atoms with Crippen molar-refractivity contribution in [1.82, 2.24) is 9.88 Å². The predicted octanol–water partition coefficient (Wildman–Crippen LogP) is 4.26. The van der Waals surface area contributed by atoms with Crippen molar-refractivity contribution >= 4 is 5.91 Å². The molecule has 0 atom stereocenters. The van der Waals surface area contributed by atoms with Crippen LogP contribution >= 0.6 is 0 Å². The molecule has 0 aliphatic carbocycles. The third kappa shape index (κ3) is 3.27. The Morgan fingerprint density at radius 3 is 2.38 bits per heavy atom. The van der Waals surface area contributed by atoms with Crippen LogP contribution in [-0.2, 0) is 13.1 Å². The number of amides is 1. The maximum Gasteiger partial charge on any atom is 0.268 e. The smallest absolute Gasteiger partial charge is 0.268 e. The van der Waals surface area contributed by atoms with E-state index in [4.69, 9.17) is 4.42 Å². The summed E-state index contributed by atoms with van der Waals surface area (Å²) in [5, 5.41) is 2.80. The highest BCUT2D eigenvalue weighted by Gasteiger charge is 2.22. The molecular formula is C20H20F2N2O2. The van der Waals surface area contributed by atoms with E-state index in [9.17, 15) is 13.6 Å². The summed E-state index contributed by atoms with van der Waals surface area (Å²) in [6, 6.07) is 7.26. The zero-order valence-electron chi connectivity index (χ0n) is 14.9. The summed E-state index contributed by atoms with van der Waals surface area (Å²) in [4.78, 5) is 12.7. The first-order chi connectivity index (χ1) is 12.4. The van der Waals surface area contributed by atoms with Gasteiger partial charge in [-0.3, -0.25) is 4.79 Å². The van der Waals surface area contributed by atoms with Gasteiger partial charge in [0.05, 0.1) is 19.4 Å². The van der Waals surface area contributed by atoms with E-state index in [0.29, 0.717) is 11.5 Å². The SMILES string of the molecule is Cc1c(C)c(C(=O)NCc2ccco2)n(Cc2c(F)cccc2F)c1C. The van der Waals surface area contributed by atoms with Crippen molar-refractivity contribution in [1.29, 1.82) is 0 Å². The minimum absolute atomic E-state index is 0.0531. The molecule has 0 saturated carbocycles. The summed E-state index contributed by atoms with van der Waals surface area (Å²) in [6.45, 7) is 5.75. The molecule has 0 saturated heterocycles. The van der Waals surface area contributed by atoms with E-state index in [1.807, 2.05) is 20.8 Å². The molecule has 3 rings (SSSR count). The summed E-state index contributed by atoms with van der Waals surface area (Å²) >= 11 is 0. The van der Waals surface area contributed by atoms with Gasteiger partial charge in [-0.05, 0) is 56.2 Å². The van der Waals surface area contributed by atoms with E-state index < -0.39 is 11.6 Å². The number of aromatic nitrogens is 1. The Kier molecular flexibility index (Phi) is 4.93. The lowest BCUT2D eigenvalue weighted by Crippen LogP contribution is -2.26. The molecule has 0 fully saturated rings. The number of halogens is 2. The van der Waals surface area contributed by atoms with Crippen LogP contribution in [0.4, 0.5) is 8.78 Å².